The highest BCUT2D eigenvalue weighted by molar-refractivity contribution is 5.88. The van der Waals surface area contributed by atoms with Crippen LogP contribution in [0.25, 0.3) is 10.8 Å². The molecule has 0 saturated carbocycles. The fraction of sp³-hybridized carbons (Fsp3) is 0.538. The van der Waals surface area contributed by atoms with Crippen LogP contribution in [0.15, 0.2) is 42.5 Å². The van der Waals surface area contributed by atoms with Gasteiger partial charge in [-0.2, -0.15) is 0 Å². The molecule has 2 aromatic carbocycles. The molecule has 2 N–H and O–H groups in total. The molecule has 33 heavy (non-hydrogen) atoms. The van der Waals surface area contributed by atoms with Gasteiger partial charge in [-0.15, -0.1) is 0 Å². The first-order valence-electron chi connectivity index (χ1n) is 11.5. The molecule has 7 heteroatoms. The summed E-state index contributed by atoms with van der Waals surface area (Å²) >= 11 is 0. The summed E-state index contributed by atoms with van der Waals surface area (Å²) in [5, 5.41) is 2.13. The maximum Gasteiger partial charge on any atom is 0.308 e. The van der Waals surface area contributed by atoms with E-state index in [9.17, 15) is 9.59 Å². The van der Waals surface area contributed by atoms with Crippen LogP contribution < -0.4 is 5.73 Å². The van der Waals surface area contributed by atoms with Crippen molar-refractivity contribution in [2.24, 2.45) is 5.73 Å². The zero-order valence-electron chi connectivity index (χ0n) is 20.7. The molecule has 0 fully saturated rings. The highest BCUT2D eigenvalue weighted by atomic mass is 16.7. The minimum absolute atomic E-state index is 0.206. The Bertz CT molecular complexity index is 913. The number of esters is 1. The van der Waals surface area contributed by atoms with Gasteiger partial charge in [-0.05, 0) is 57.9 Å². The number of fused-ring (bicyclic) bond motifs is 1. The van der Waals surface area contributed by atoms with Gasteiger partial charge in [0.15, 0.2) is 6.29 Å². The number of ether oxygens (including phenoxy) is 3. The summed E-state index contributed by atoms with van der Waals surface area (Å²) in [5.74, 6) is -0.863. The molecule has 0 spiro atoms. The second-order valence-electron chi connectivity index (χ2n) is 9.02. The van der Waals surface area contributed by atoms with Gasteiger partial charge in [-0.25, -0.2) is 0 Å². The van der Waals surface area contributed by atoms with E-state index in [-0.39, 0.29) is 12.3 Å². The van der Waals surface area contributed by atoms with Crippen molar-refractivity contribution in [3.63, 3.8) is 0 Å². The van der Waals surface area contributed by atoms with Crippen molar-refractivity contribution in [1.29, 1.82) is 0 Å². The summed E-state index contributed by atoms with van der Waals surface area (Å²) in [5.41, 5.74) is 6.54. The van der Waals surface area contributed by atoms with Crippen LogP contribution in [0.1, 0.15) is 53.5 Å². The molecule has 0 aromatic heterocycles. The maximum absolute atomic E-state index is 13.5. The molecular weight excluding hydrogens is 420 g/mol. The predicted molar refractivity (Wildman–Crippen MR) is 129 cm³/mol. The van der Waals surface area contributed by atoms with Crippen LogP contribution in [0.4, 0.5) is 0 Å². The third kappa shape index (κ3) is 7.81. The zero-order chi connectivity index (χ0) is 24.6. The summed E-state index contributed by atoms with van der Waals surface area (Å²) in [6, 6.07) is 12.5. The second kappa shape index (κ2) is 12.1. The van der Waals surface area contributed by atoms with E-state index in [1.807, 2.05) is 63.2 Å². The van der Waals surface area contributed by atoms with Gasteiger partial charge in [0.2, 0.25) is 5.91 Å². The fourth-order valence-electron chi connectivity index (χ4n) is 3.70. The van der Waals surface area contributed by atoms with Crippen molar-refractivity contribution >= 4 is 22.6 Å². The third-order valence-corrected chi connectivity index (χ3v) is 5.17. The number of hydrogen-bond donors (Lipinski definition) is 1. The van der Waals surface area contributed by atoms with Crippen LogP contribution in [0.2, 0.25) is 0 Å². The summed E-state index contributed by atoms with van der Waals surface area (Å²) in [7, 11) is 0. The Balaban J connectivity index is 2.35. The van der Waals surface area contributed by atoms with Crippen LogP contribution in [-0.2, 0) is 30.3 Å². The monoisotopic (exact) mass is 458 g/mol. The molecule has 1 unspecified atom stereocenters. The number of carbonyl (C=O) groups excluding carboxylic acids is 2. The molecule has 0 bridgehead atoms. The van der Waals surface area contributed by atoms with Gasteiger partial charge in [0.1, 0.15) is 5.60 Å². The smallest absolute Gasteiger partial charge is 0.308 e. The minimum atomic E-state index is -1.04. The van der Waals surface area contributed by atoms with Crippen molar-refractivity contribution in [3.05, 3.63) is 48.0 Å². The number of hydrogen-bond acceptors (Lipinski definition) is 6. The summed E-state index contributed by atoms with van der Waals surface area (Å²) in [6.07, 6.45) is -0.823. The molecule has 0 aliphatic rings. The molecule has 182 valence electrons. The molecule has 0 radical (unpaired) electrons. The van der Waals surface area contributed by atoms with E-state index in [2.05, 4.69) is 0 Å². The molecule has 1 amide bonds. The molecule has 2 aromatic rings. The maximum atomic E-state index is 13.5. The number of rotatable bonds is 11. The standard InChI is InChI=1S/C26H38N2O5/c1-7-31-25(32-8-2)18(3)28(24(30)22(27)16-23(29)33-26(4,5)6)17-20-14-11-13-19-12-9-10-15-21(19)20/h9-15,18,22,25H,7-8,16-17,27H2,1-6H3/t18-,22?/m0/s1. The summed E-state index contributed by atoms with van der Waals surface area (Å²) in [6.45, 7) is 12.2. The number of carbonyl (C=O) groups is 2. The summed E-state index contributed by atoms with van der Waals surface area (Å²) in [4.78, 5) is 27.5. The highest BCUT2D eigenvalue weighted by Crippen LogP contribution is 2.23. The number of nitrogens with zero attached hydrogens (tertiary/aromatic N) is 1. The summed E-state index contributed by atoms with van der Waals surface area (Å²) < 4.78 is 16.9. The van der Waals surface area contributed by atoms with Gasteiger partial charge in [-0.1, -0.05) is 42.5 Å². The van der Waals surface area contributed by atoms with Crippen molar-refractivity contribution < 1.29 is 23.8 Å². The molecular formula is C26H38N2O5. The third-order valence-electron chi connectivity index (χ3n) is 5.17. The van der Waals surface area contributed by atoms with E-state index < -0.39 is 29.9 Å². The Kier molecular flexibility index (Phi) is 9.83. The van der Waals surface area contributed by atoms with Crippen LogP contribution in [0, 0.1) is 0 Å². The molecule has 0 aliphatic heterocycles. The lowest BCUT2D eigenvalue weighted by molar-refractivity contribution is -0.180. The predicted octanol–water partition coefficient (Wildman–Crippen LogP) is 4.02. The van der Waals surface area contributed by atoms with E-state index in [0.29, 0.717) is 19.8 Å². The van der Waals surface area contributed by atoms with Crippen LogP contribution in [0.3, 0.4) is 0 Å². The molecule has 2 atom stereocenters. The van der Waals surface area contributed by atoms with E-state index >= 15 is 0 Å². The van der Waals surface area contributed by atoms with Gasteiger partial charge in [0, 0.05) is 19.8 Å². The Morgan fingerprint density at radius 2 is 1.61 bits per heavy atom. The van der Waals surface area contributed by atoms with Gasteiger partial charge < -0.3 is 24.8 Å². The van der Waals surface area contributed by atoms with E-state index in [1.165, 1.54) is 0 Å². The SMILES string of the molecule is CCOC(OCC)[C@H](C)N(Cc1cccc2ccccc12)C(=O)C(N)CC(=O)OC(C)(C)C. The van der Waals surface area contributed by atoms with Crippen LogP contribution in [-0.4, -0.2) is 54.0 Å². The lowest BCUT2D eigenvalue weighted by atomic mass is 10.0. The second-order valence-corrected chi connectivity index (χ2v) is 9.02. The topological polar surface area (TPSA) is 91.1 Å². The molecule has 0 saturated heterocycles. The van der Waals surface area contributed by atoms with E-state index in [0.717, 1.165) is 16.3 Å². The lowest BCUT2D eigenvalue weighted by Gasteiger charge is -2.36. The largest absolute Gasteiger partial charge is 0.460 e. The molecule has 0 heterocycles. The average Bonchev–Trinajstić information content (AvgIpc) is 2.75. The van der Waals surface area contributed by atoms with Gasteiger partial charge in [-0.3, -0.25) is 9.59 Å². The van der Waals surface area contributed by atoms with E-state index in [1.54, 1.807) is 25.7 Å². The fourth-order valence-corrected chi connectivity index (χ4v) is 3.70. The van der Waals surface area contributed by atoms with Gasteiger partial charge in [0.25, 0.3) is 0 Å². The zero-order valence-corrected chi connectivity index (χ0v) is 20.7. The first-order valence-corrected chi connectivity index (χ1v) is 11.5. The first-order chi connectivity index (χ1) is 15.6. The average molecular weight is 459 g/mol. The molecule has 0 aliphatic carbocycles. The van der Waals surface area contributed by atoms with Crippen LogP contribution >= 0.6 is 0 Å². The number of benzene rings is 2. The first kappa shape index (κ1) is 26.8. The molecule has 7 nitrogen and oxygen atoms in total. The van der Waals surface area contributed by atoms with Gasteiger partial charge >= 0.3 is 5.97 Å². The lowest BCUT2D eigenvalue weighted by Crippen LogP contribution is -2.53. The minimum Gasteiger partial charge on any atom is -0.460 e. The Morgan fingerprint density at radius 3 is 2.21 bits per heavy atom. The normalized spacial score (nSPS) is 13.7. The quantitative estimate of drug-likeness (QED) is 0.404. The highest BCUT2D eigenvalue weighted by Gasteiger charge is 2.33. The number of nitrogens with two attached hydrogens (primary N) is 1. The van der Waals surface area contributed by atoms with Gasteiger partial charge in [0.05, 0.1) is 18.5 Å². The van der Waals surface area contributed by atoms with Crippen molar-refractivity contribution in [1.82, 2.24) is 4.90 Å². The van der Waals surface area contributed by atoms with Crippen LogP contribution in [0.5, 0.6) is 0 Å². The van der Waals surface area contributed by atoms with Crippen molar-refractivity contribution in [3.8, 4) is 0 Å². The Hall–Kier alpha value is -2.48. The van der Waals surface area contributed by atoms with Crippen molar-refractivity contribution in [2.75, 3.05) is 13.2 Å². The Morgan fingerprint density at radius 1 is 1.00 bits per heavy atom. The molecule has 2 rings (SSSR count). The Labute approximate surface area is 197 Å². The van der Waals surface area contributed by atoms with Crippen molar-refractivity contribution in [2.45, 2.75) is 78.5 Å². The number of amides is 1. The van der Waals surface area contributed by atoms with E-state index in [4.69, 9.17) is 19.9 Å².